The molecule has 1 aromatic heterocycles. The molecular formula is C26H30BrN5O2S. The second-order valence-electron chi connectivity index (χ2n) is 8.55. The van der Waals surface area contributed by atoms with Crippen LogP contribution in [0.4, 0.5) is 5.69 Å². The average Bonchev–Trinajstić information content (AvgIpc) is 3.22. The molecule has 0 saturated heterocycles. The zero-order valence-corrected chi connectivity index (χ0v) is 22.7. The summed E-state index contributed by atoms with van der Waals surface area (Å²) in [5.41, 5.74) is 3.56. The van der Waals surface area contributed by atoms with Crippen molar-refractivity contribution >= 4 is 45.2 Å². The maximum atomic E-state index is 12.8. The molecule has 0 bridgehead atoms. The van der Waals surface area contributed by atoms with E-state index in [2.05, 4.69) is 43.3 Å². The summed E-state index contributed by atoms with van der Waals surface area (Å²) in [4.78, 5) is 25.5. The van der Waals surface area contributed by atoms with Gasteiger partial charge in [-0.25, -0.2) is 0 Å². The van der Waals surface area contributed by atoms with Crippen LogP contribution >= 0.6 is 27.7 Å². The fraction of sp³-hybridized carbons (Fsp3) is 0.308. The first-order valence-corrected chi connectivity index (χ1v) is 13.1. The molecule has 9 heteroatoms. The van der Waals surface area contributed by atoms with Crippen molar-refractivity contribution in [1.29, 1.82) is 0 Å². The normalized spacial score (nSPS) is 11.8. The molecule has 1 atom stereocenters. The smallest absolute Gasteiger partial charge is 0.251 e. The molecule has 0 aliphatic heterocycles. The highest BCUT2D eigenvalue weighted by Gasteiger charge is 2.26. The number of aryl methyl sites for hydroxylation is 2. The number of nitrogens with zero attached hydrogens (tertiary/aromatic N) is 3. The summed E-state index contributed by atoms with van der Waals surface area (Å²) in [6.45, 7) is 12.4. The Kier molecular flexibility index (Phi) is 9.28. The van der Waals surface area contributed by atoms with Crippen molar-refractivity contribution < 1.29 is 9.59 Å². The first-order chi connectivity index (χ1) is 16.7. The Bertz CT molecular complexity index is 1210. The van der Waals surface area contributed by atoms with Crippen molar-refractivity contribution in [2.24, 2.45) is 5.92 Å². The van der Waals surface area contributed by atoms with Crippen molar-refractivity contribution in [3.8, 4) is 0 Å². The molecule has 0 saturated carbocycles. The number of anilines is 1. The average molecular weight is 557 g/mol. The van der Waals surface area contributed by atoms with E-state index in [1.54, 1.807) is 18.2 Å². The molecule has 1 heterocycles. The quantitative estimate of drug-likeness (QED) is 0.247. The van der Waals surface area contributed by atoms with Gasteiger partial charge in [-0.2, -0.15) is 0 Å². The van der Waals surface area contributed by atoms with Gasteiger partial charge in [-0.05, 0) is 71.1 Å². The predicted octanol–water partition coefficient (Wildman–Crippen LogP) is 5.70. The Morgan fingerprint density at radius 1 is 1.14 bits per heavy atom. The van der Waals surface area contributed by atoms with Gasteiger partial charge in [0.1, 0.15) is 0 Å². The number of allylic oxidation sites excluding steroid dienone is 1. The summed E-state index contributed by atoms with van der Waals surface area (Å²) in [5.74, 6) is 0.538. The highest BCUT2D eigenvalue weighted by Crippen LogP contribution is 2.28. The second kappa shape index (κ2) is 12.2. The lowest BCUT2D eigenvalue weighted by atomic mass is 10.0. The first-order valence-electron chi connectivity index (χ1n) is 11.3. The number of thioether (sulfide) groups is 1. The molecule has 3 aromatic rings. The summed E-state index contributed by atoms with van der Waals surface area (Å²) in [6, 6.07) is 12.7. The van der Waals surface area contributed by atoms with Gasteiger partial charge in [-0.15, -0.1) is 16.8 Å². The molecule has 184 valence electrons. The minimum Gasteiger partial charge on any atom is -0.342 e. The monoisotopic (exact) mass is 555 g/mol. The van der Waals surface area contributed by atoms with E-state index in [1.165, 1.54) is 11.8 Å². The zero-order chi connectivity index (χ0) is 25.5. The van der Waals surface area contributed by atoms with Crippen LogP contribution in [0.5, 0.6) is 0 Å². The van der Waals surface area contributed by atoms with Crippen molar-refractivity contribution in [3.63, 3.8) is 0 Å². The molecule has 0 radical (unpaired) electrons. The van der Waals surface area contributed by atoms with Crippen molar-refractivity contribution in [1.82, 2.24) is 20.1 Å². The van der Waals surface area contributed by atoms with Gasteiger partial charge in [0.15, 0.2) is 11.0 Å². The van der Waals surface area contributed by atoms with Crippen LogP contribution < -0.4 is 10.6 Å². The molecule has 2 aromatic carbocycles. The van der Waals surface area contributed by atoms with E-state index >= 15 is 0 Å². The van der Waals surface area contributed by atoms with E-state index in [0.717, 1.165) is 21.3 Å². The van der Waals surface area contributed by atoms with Gasteiger partial charge >= 0.3 is 0 Å². The molecule has 7 nitrogen and oxygen atoms in total. The topological polar surface area (TPSA) is 88.9 Å². The number of benzene rings is 2. The van der Waals surface area contributed by atoms with Gasteiger partial charge in [0.25, 0.3) is 5.91 Å². The Balaban J connectivity index is 1.75. The molecule has 0 fully saturated rings. The number of aromatic nitrogens is 3. The third-order valence-electron chi connectivity index (χ3n) is 5.51. The third-order valence-corrected chi connectivity index (χ3v) is 7.14. The lowest BCUT2D eigenvalue weighted by Gasteiger charge is -2.22. The summed E-state index contributed by atoms with van der Waals surface area (Å²) in [7, 11) is 0. The number of hydrogen-bond donors (Lipinski definition) is 2. The first kappa shape index (κ1) is 26.7. The zero-order valence-electron chi connectivity index (χ0n) is 20.3. The van der Waals surface area contributed by atoms with E-state index in [0.29, 0.717) is 23.1 Å². The van der Waals surface area contributed by atoms with Gasteiger partial charge in [0.2, 0.25) is 5.91 Å². The maximum absolute atomic E-state index is 12.8. The molecule has 0 aliphatic carbocycles. The maximum Gasteiger partial charge on any atom is 0.251 e. The van der Waals surface area contributed by atoms with Crippen LogP contribution in [0.15, 0.2) is 64.7 Å². The molecule has 35 heavy (non-hydrogen) atoms. The van der Waals surface area contributed by atoms with E-state index in [-0.39, 0.29) is 29.5 Å². The number of rotatable bonds is 10. The highest BCUT2D eigenvalue weighted by molar-refractivity contribution is 9.10. The summed E-state index contributed by atoms with van der Waals surface area (Å²) < 4.78 is 2.73. The SMILES string of the molecule is C=CCn1c(SCC(=O)Nc2cc(C)c(C)cc2Br)nnc1[C@H](NC(=O)c1ccccc1)C(C)C. The minimum atomic E-state index is -0.357. The van der Waals surface area contributed by atoms with Crippen LogP contribution in [0.1, 0.15) is 47.2 Å². The van der Waals surface area contributed by atoms with E-state index < -0.39 is 0 Å². The summed E-state index contributed by atoms with van der Waals surface area (Å²) in [5, 5.41) is 15.3. The van der Waals surface area contributed by atoms with Gasteiger partial charge in [0, 0.05) is 16.6 Å². The van der Waals surface area contributed by atoms with E-state index in [4.69, 9.17) is 0 Å². The van der Waals surface area contributed by atoms with Crippen LogP contribution in [0.2, 0.25) is 0 Å². The van der Waals surface area contributed by atoms with E-state index in [9.17, 15) is 9.59 Å². The molecule has 0 unspecified atom stereocenters. The summed E-state index contributed by atoms with van der Waals surface area (Å²) >= 11 is 4.81. The number of carbonyl (C=O) groups excluding carboxylic acids is 2. The summed E-state index contributed by atoms with van der Waals surface area (Å²) in [6.07, 6.45) is 1.75. The number of halogens is 1. The molecule has 0 spiro atoms. The fourth-order valence-corrected chi connectivity index (χ4v) is 4.79. The van der Waals surface area contributed by atoms with Crippen molar-refractivity contribution in [2.75, 3.05) is 11.1 Å². The van der Waals surface area contributed by atoms with Gasteiger partial charge in [-0.1, -0.05) is 49.9 Å². The second-order valence-corrected chi connectivity index (χ2v) is 10.4. The number of carbonyl (C=O) groups is 2. The lowest BCUT2D eigenvalue weighted by molar-refractivity contribution is -0.113. The molecule has 2 N–H and O–H groups in total. The lowest BCUT2D eigenvalue weighted by Crippen LogP contribution is -2.33. The highest BCUT2D eigenvalue weighted by atomic mass is 79.9. The van der Waals surface area contributed by atoms with Crippen LogP contribution in [-0.4, -0.2) is 32.3 Å². The number of amides is 2. The van der Waals surface area contributed by atoms with Gasteiger partial charge in [-0.3, -0.25) is 9.59 Å². The van der Waals surface area contributed by atoms with Gasteiger partial charge in [0.05, 0.1) is 17.5 Å². The Hall–Kier alpha value is -2.91. The van der Waals surface area contributed by atoms with Crippen molar-refractivity contribution in [2.45, 2.75) is 45.4 Å². The molecule has 2 amide bonds. The fourth-order valence-electron chi connectivity index (χ4n) is 3.47. The van der Waals surface area contributed by atoms with E-state index in [1.807, 2.05) is 62.6 Å². The molecule has 0 aliphatic rings. The predicted molar refractivity (Wildman–Crippen MR) is 145 cm³/mol. The van der Waals surface area contributed by atoms with Crippen LogP contribution in [0.25, 0.3) is 0 Å². The standard InChI is InChI=1S/C26H30BrN5O2S/c1-6-12-32-24(23(16(2)3)29-25(34)19-10-8-7-9-11-19)30-31-26(32)35-15-22(33)28-21-14-18(5)17(4)13-20(21)27/h6-11,13-14,16,23H,1,12,15H2,2-5H3,(H,28,33)(H,29,34)/t23-/m1/s1. The van der Waals surface area contributed by atoms with Crippen LogP contribution in [0, 0.1) is 19.8 Å². The minimum absolute atomic E-state index is 0.0682. The number of hydrogen-bond acceptors (Lipinski definition) is 5. The third kappa shape index (κ3) is 6.82. The number of nitrogens with one attached hydrogen (secondary N) is 2. The Morgan fingerprint density at radius 2 is 1.83 bits per heavy atom. The molecular weight excluding hydrogens is 526 g/mol. The van der Waals surface area contributed by atoms with Crippen molar-refractivity contribution in [3.05, 3.63) is 82.1 Å². The van der Waals surface area contributed by atoms with Gasteiger partial charge < -0.3 is 15.2 Å². The van der Waals surface area contributed by atoms with Crippen LogP contribution in [0.3, 0.4) is 0 Å². The Labute approximate surface area is 218 Å². The largest absolute Gasteiger partial charge is 0.342 e. The Morgan fingerprint density at radius 3 is 2.49 bits per heavy atom. The molecule has 3 rings (SSSR count). The van der Waals surface area contributed by atoms with Crippen LogP contribution in [-0.2, 0) is 11.3 Å².